The summed E-state index contributed by atoms with van der Waals surface area (Å²) in [5.41, 5.74) is 2.19. The number of ether oxygens (including phenoxy) is 1. The van der Waals surface area contributed by atoms with Gasteiger partial charge in [-0.2, -0.15) is 5.10 Å². The third-order valence-corrected chi connectivity index (χ3v) is 3.21. The molecule has 1 heterocycles. The fraction of sp³-hybridized carbons (Fsp3) is 0.250. The molecule has 0 aliphatic heterocycles. The summed E-state index contributed by atoms with van der Waals surface area (Å²) in [6.45, 7) is 4.14. The maximum absolute atomic E-state index is 12.3. The van der Waals surface area contributed by atoms with Crippen molar-refractivity contribution in [1.29, 1.82) is 0 Å². The molecular weight excluding hydrogens is 266 g/mol. The van der Waals surface area contributed by atoms with Gasteiger partial charge in [-0.05, 0) is 18.2 Å². The lowest BCUT2D eigenvalue weighted by molar-refractivity contribution is 0.0799. The molecule has 1 amide bonds. The number of rotatable bonds is 5. The summed E-state index contributed by atoms with van der Waals surface area (Å²) in [5, 5.41) is 4.41. The Hall–Kier alpha value is -2.56. The zero-order valence-electron chi connectivity index (χ0n) is 12.5. The number of aryl methyl sites for hydroxylation is 1. The number of carbonyl (C=O) groups excluding carboxylic acids is 1. The minimum atomic E-state index is -0.0842. The van der Waals surface area contributed by atoms with E-state index in [0.29, 0.717) is 12.2 Å². The number of benzene rings is 1. The van der Waals surface area contributed by atoms with Crippen molar-refractivity contribution >= 4 is 5.91 Å². The highest BCUT2D eigenvalue weighted by atomic mass is 16.5. The molecule has 2 aromatic rings. The topological polar surface area (TPSA) is 47.4 Å². The molecule has 0 N–H and O–H groups in total. The molecule has 110 valence electrons. The first-order valence-electron chi connectivity index (χ1n) is 6.61. The molecular formula is C16H19N3O2. The van der Waals surface area contributed by atoms with Crippen LogP contribution in [0.4, 0.5) is 0 Å². The molecule has 0 saturated heterocycles. The molecule has 5 heteroatoms. The van der Waals surface area contributed by atoms with Gasteiger partial charge in [-0.25, -0.2) is 0 Å². The van der Waals surface area contributed by atoms with Gasteiger partial charge in [0.2, 0.25) is 0 Å². The van der Waals surface area contributed by atoms with Crippen molar-refractivity contribution in [2.75, 3.05) is 20.7 Å². The van der Waals surface area contributed by atoms with Gasteiger partial charge in [0, 0.05) is 26.2 Å². The second-order valence-electron chi connectivity index (χ2n) is 4.74. The molecule has 0 saturated carbocycles. The molecule has 5 nitrogen and oxygen atoms in total. The Bertz CT molecular complexity index is 661. The third kappa shape index (κ3) is 3.13. The van der Waals surface area contributed by atoms with Crippen molar-refractivity contribution in [2.24, 2.45) is 7.05 Å². The molecule has 0 radical (unpaired) electrons. The van der Waals surface area contributed by atoms with Crippen LogP contribution < -0.4 is 4.74 Å². The first-order valence-corrected chi connectivity index (χ1v) is 6.61. The maximum atomic E-state index is 12.3. The minimum absolute atomic E-state index is 0.0842. The molecule has 2 rings (SSSR count). The van der Waals surface area contributed by atoms with Crippen molar-refractivity contribution in [3.05, 3.63) is 48.7 Å². The van der Waals surface area contributed by atoms with Crippen molar-refractivity contribution in [1.82, 2.24) is 14.7 Å². The normalized spacial score (nSPS) is 10.2. The van der Waals surface area contributed by atoms with Crippen molar-refractivity contribution < 1.29 is 9.53 Å². The molecule has 0 aliphatic carbocycles. The van der Waals surface area contributed by atoms with Crippen molar-refractivity contribution in [2.45, 2.75) is 0 Å². The van der Waals surface area contributed by atoms with Gasteiger partial charge in [0.15, 0.2) is 0 Å². The number of aromatic nitrogens is 2. The van der Waals surface area contributed by atoms with Gasteiger partial charge >= 0.3 is 0 Å². The second-order valence-corrected chi connectivity index (χ2v) is 4.74. The molecule has 0 fully saturated rings. The van der Waals surface area contributed by atoms with Crippen LogP contribution in [0.25, 0.3) is 11.3 Å². The van der Waals surface area contributed by atoms with E-state index in [0.717, 1.165) is 17.0 Å². The minimum Gasteiger partial charge on any atom is -0.497 e. The number of amides is 1. The standard InChI is InChI=1S/C16H19N3O2/c1-5-9-18(2)16(20)15-11-14(17-19(15)3)12-7-6-8-13(10-12)21-4/h5-8,10-11H,1,9H2,2-4H3. The van der Waals surface area contributed by atoms with E-state index >= 15 is 0 Å². The summed E-state index contributed by atoms with van der Waals surface area (Å²) < 4.78 is 6.80. The van der Waals surface area contributed by atoms with Gasteiger partial charge < -0.3 is 9.64 Å². The van der Waals surface area contributed by atoms with Crippen LogP contribution in [0.15, 0.2) is 43.0 Å². The molecule has 0 bridgehead atoms. The first-order chi connectivity index (χ1) is 10.1. The van der Waals surface area contributed by atoms with E-state index in [1.807, 2.05) is 24.3 Å². The van der Waals surface area contributed by atoms with Gasteiger partial charge in [0.1, 0.15) is 11.4 Å². The van der Waals surface area contributed by atoms with Crippen molar-refractivity contribution in [3.8, 4) is 17.0 Å². The van der Waals surface area contributed by atoms with E-state index in [9.17, 15) is 4.79 Å². The average molecular weight is 285 g/mol. The zero-order chi connectivity index (χ0) is 15.4. The number of hydrogen-bond donors (Lipinski definition) is 0. The van der Waals surface area contributed by atoms with E-state index in [1.54, 1.807) is 42.9 Å². The van der Waals surface area contributed by atoms with Gasteiger partial charge in [-0.1, -0.05) is 18.2 Å². The Kier molecular flexibility index (Phi) is 4.42. The summed E-state index contributed by atoms with van der Waals surface area (Å²) >= 11 is 0. The SMILES string of the molecule is C=CCN(C)C(=O)c1cc(-c2cccc(OC)c2)nn1C. The Labute approximate surface area is 124 Å². The fourth-order valence-corrected chi connectivity index (χ4v) is 2.06. The third-order valence-electron chi connectivity index (χ3n) is 3.21. The molecule has 1 aromatic carbocycles. The van der Waals surface area contributed by atoms with Crippen molar-refractivity contribution in [3.63, 3.8) is 0 Å². The van der Waals surface area contributed by atoms with Crippen LogP contribution >= 0.6 is 0 Å². The number of carbonyl (C=O) groups is 1. The Morgan fingerprint density at radius 3 is 2.90 bits per heavy atom. The predicted octanol–water partition coefficient (Wildman–Crippen LogP) is 2.35. The first kappa shape index (κ1) is 14.8. The monoisotopic (exact) mass is 285 g/mol. The summed E-state index contributed by atoms with van der Waals surface area (Å²) in [5.74, 6) is 0.675. The number of nitrogens with zero attached hydrogens (tertiary/aromatic N) is 3. The molecule has 1 aromatic heterocycles. The van der Waals surface area contributed by atoms with Gasteiger partial charge in [0.05, 0.1) is 12.8 Å². The van der Waals surface area contributed by atoms with Crippen LogP contribution in [-0.4, -0.2) is 41.3 Å². The number of hydrogen-bond acceptors (Lipinski definition) is 3. The summed E-state index contributed by atoms with van der Waals surface area (Å²) in [6, 6.07) is 9.39. The van der Waals surface area contributed by atoms with E-state index < -0.39 is 0 Å². The Balaban J connectivity index is 2.34. The van der Waals surface area contributed by atoms with E-state index in [-0.39, 0.29) is 5.91 Å². The Morgan fingerprint density at radius 1 is 1.48 bits per heavy atom. The molecule has 0 aliphatic rings. The summed E-state index contributed by atoms with van der Waals surface area (Å²) in [7, 11) is 5.12. The van der Waals surface area contributed by atoms with Gasteiger partial charge in [-0.3, -0.25) is 9.48 Å². The molecule has 0 spiro atoms. The second kappa shape index (κ2) is 6.26. The molecule has 21 heavy (non-hydrogen) atoms. The van der Waals surface area contributed by atoms with Crippen LogP contribution in [0.5, 0.6) is 5.75 Å². The van der Waals surface area contributed by atoms with Crippen LogP contribution in [0.3, 0.4) is 0 Å². The molecule has 0 unspecified atom stereocenters. The van der Waals surface area contributed by atoms with Crippen LogP contribution in [0.2, 0.25) is 0 Å². The number of methoxy groups -OCH3 is 1. The fourth-order valence-electron chi connectivity index (χ4n) is 2.06. The predicted molar refractivity (Wildman–Crippen MR) is 82.4 cm³/mol. The van der Waals surface area contributed by atoms with Gasteiger partial charge in [-0.15, -0.1) is 6.58 Å². The lowest BCUT2D eigenvalue weighted by Gasteiger charge is -2.14. The van der Waals surface area contributed by atoms with Gasteiger partial charge in [0.25, 0.3) is 5.91 Å². The lowest BCUT2D eigenvalue weighted by Crippen LogP contribution is -2.28. The Morgan fingerprint density at radius 2 is 2.24 bits per heavy atom. The highest BCUT2D eigenvalue weighted by Gasteiger charge is 2.17. The van der Waals surface area contributed by atoms with E-state index in [4.69, 9.17) is 4.74 Å². The van der Waals surface area contributed by atoms with E-state index in [2.05, 4.69) is 11.7 Å². The molecule has 0 atom stereocenters. The highest BCUT2D eigenvalue weighted by molar-refractivity contribution is 5.93. The van der Waals surface area contributed by atoms with Crippen LogP contribution in [0, 0.1) is 0 Å². The summed E-state index contributed by atoms with van der Waals surface area (Å²) in [6.07, 6.45) is 1.69. The highest BCUT2D eigenvalue weighted by Crippen LogP contribution is 2.23. The zero-order valence-corrected chi connectivity index (χ0v) is 12.5. The smallest absolute Gasteiger partial charge is 0.272 e. The average Bonchev–Trinajstić information content (AvgIpc) is 2.88. The van der Waals surface area contributed by atoms with E-state index in [1.165, 1.54) is 0 Å². The quantitative estimate of drug-likeness (QED) is 0.792. The van der Waals surface area contributed by atoms with Crippen LogP contribution in [-0.2, 0) is 7.05 Å². The lowest BCUT2D eigenvalue weighted by atomic mass is 10.1. The number of likely N-dealkylation sites (N-methyl/N-ethyl adjacent to an activating group) is 1. The maximum Gasteiger partial charge on any atom is 0.272 e. The summed E-state index contributed by atoms with van der Waals surface area (Å²) in [4.78, 5) is 13.9. The largest absolute Gasteiger partial charge is 0.497 e. The van der Waals surface area contributed by atoms with Crippen LogP contribution in [0.1, 0.15) is 10.5 Å².